The molecule has 0 spiro atoms. The van der Waals surface area contributed by atoms with Gasteiger partial charge in [-0.05, 0) is 104 Å². The van der Waals surface area contributed by atoms with Crippen molar-refractivity contribution in [2.45, 2.75) is 117 Å². The minimum atomic E-state index is -1.06. The third-order valence-electron chi connectivity index (χ3n) is 14.7. The number of morpholine rings is 1. The van der Waals surface area contributed by atoms with Crippen LogP contribution in [0.2, 0.25) is 0 Å². The zero-order chi connectivity index (χ0) is 50.7. The molecule has 4 aliphatic rings. The van der Waals surface area contributed by atoms with Gasteiger partial charge in [0.2, 0.25) is 11.8 Å². The molecule has 0 saturated carbocycles. The highest BCUT2D eigenvalue weighted by atomic mass is 16.5. The lowest BCUT2D eigenvalue weighted by atomic mass is 9.83. The number of nitrogens with zero attached hydrogens (tertiary/aromatic N) is 6. The Labute approximate surface area is 418 Å². The zero-order valence-electron chi connectivity index (χ0n) is 43.0. The van der Waals surface area contributed by atoms with Gasteiger partial charge in [-0.15, -0.1) is 0 Å². The maximum absolute atomic E-state index is 14.8. The fourth-order valence-electron chi connectivity index (χ4n) is 10.8. The number of esters is 1. The average molecular weight is 969 g/mol. The van der Waals surface area contributed by atoms with Crippen LogP contribution in [0.5, 0.6) is 0 Å². The molecule has 15 nitrogen and oxygen atoms in total. The molecule has 378 valence electrons. The maximum Gasteiger partial charge on any atom is 0.324 e. The first-order valence-corrected chi connectivity index (χ1v) is 25.5. The Balaban J connectivity index is 1.10. The fraction of sp³-hybridized carbons (Fsp3) is 0.536. The van der Waals surface area contributed by atoms with Gasteiger partial charge in [-0.3, -0.25) is 38.9 Å². The number of carbonyl (C=O) groups excluding carboxylic acids is 5. The van der Waals surface area contributed by atoms with Crippen molar-refractivity contribution in [3.05, 3.63) is 77.6 Å². The van der Waals surface area contributed by atoms with Gasteiger partial charge in [0.15, 0.2) is 0 Å². The Morgan fingerprint density at radius 1 is 1.00 bits per heavy atom. The number of likely N-dealkylation sites (tertiary alicyclic amines) is 1. The molecular formula is C56H72N8O7. The van der Waals surface area contributed by atoms with Crippen LogP contribution in [0, 0.1) is 29.1 Å². The number of hydrogen-bond donors (Lipinski definition) is 2. The van der Waals surface area contributed by atoms with E-state index in [2.05, 4.69) is 103 Å². The number of carbonyl (C=O) groups is 5. The Hall–Kier alpha value is -6.08. The van der Waals surface area contributed by atoms with Gasteiger partial charge < -0.3 is 29.2 Å². The molecule has 3 saturated heterocycles. The van der Waals surface area contributed by atoms with E-state index in [9.17, 15) is 24.0 Å². The number of hydrazine groups is 1. The van der Waals surface area contributed by atoms with E-state index in [1.165, 1.54) is 9.91 Å². The molecule has 3 fully saturated rings. The first kappa shape index (κ1) is 51.3. The third-order valence-corrected chi connectivity index (χ3v) is 14.7. The van der Waals surface area contributed by atoms with Crippen LogP contribution >= 0.6 is 0 Å². The van der Waals surface area contributed by atoms with Gasteiger partial charge in [0.1, 0.15) is 18.1 Å². The second-order valence-corrected chi connectivity index (χ2v) is 21.3. The summed E-state index contributed by atoms with van der Waals surface area (Å²) < 4.78 is 14.1. The molecule has 2 N–H and O–H groups in total. The lowest BCUT2D eigenvalue weighted by molar-refractivity contribution is -0.155. The van der Waals surface area contributed by atoms with Crippen LogP contribution in [0.25, 0.3) is 33.3 Å². The minimum Gasteiger partial charge on any atom is -0.464 e. The van der Waals surface area contributed by atoms with Crippen LogP contribution in [0.4, 0.5) is 0 Å². The molecule has 8 rings (SSSR count). The number of benzene rings is 2. The van der Waals surface area contributed by atoms with Crippen molar-refractivity contribution in [2.75, 3.05) is 60.1 Å². The van der Waals surface area contributed by atoms with E-state index < -0.39 is 47.2 Å². The summed E-state index contributed by atoms with van der Waals surface area (Å²) in [6.45, 7) is 18.1. The molecular weight excluding hydrogens is 897 g/mol. The molecule has 4 aliphatic heterocycles. The molecule has 5 atom stereocenters. The molecule has 2 aromatic heterocycles. The van der Waals surface area contributed by atoms with Gasteiger partial charge in [-0.1, -0.05) is 77.8 Å². The quantitative estimate of drug-likeness (QED) is 0.163. The molecule has 0 aliphatic carbocycles. The van der Waals surface area contributed by atoms with Gasteiger partial charge >= 0.3 is 5.97 Å². The van der Waals surface area contributed by atoms with Crippen LogP contribution in [-0.4, -0.2) is 143 Å². The fourth-order valence-corrected chi connectivity index (χ4v) is 10.8. The van der Waals surface area contributed by atoms with Gasteiger partial charge in [0, 0.05) is 74.3 Å². The van der Waals surface area contributed by atoms with Crippen molar-refractivity contribution < 1.29 is 33.4 Å². The number of fused-ring (bicyclic) bond motifs is 6. The standard InChI is InChI=1S/C56H72N8O7/c1-10-63-47-20-18-39-30-43(47)44(51(63)42-16-12-23-57-49(42)35(2)3)31-56(6,7)34-71-55(69)45-17-13-24-64(59-45)54(68)46(29-37-14-11-15-38(39)28-37)58-52(66)50(36(4)5)61(9)53(67)40-22-25-62(32-40)48(65)21-19-41-33-70-27-26-60(41)8/h11-12,14-16,18,20,23,28,30,35-36,40-41,45-46,50,59H,10,13,17,22,24-27,29,31-34H2,1-9H3,(H,58,66)/t40-,41+,45-,46-,50-/m0/s1. The highest BCUT2D eigenvalue weighted by Crippen LogP contribution is 2.42. The first-order chi connectivity index (χ1) is 33.9. The van der Waals surface area contributed by atoms with Crippen molar-refractivity contribution in [1.29, 1.82) is 0 Å². The first-order valence-electron chi connectivity index (χ1n) is 25.5. The van der Waals surface area contributed by atoms with Gasteiger partial charge in [-0.25, -0.2) is 5.43 Å². The van der Waals surface area contributed by atoms with E-state index in [0.29, 0.717) is 52.0 Å². The van der Waals surface area contributed by atoms with Crippen molar-refractivity contribution in [2.24, 2.45) is 17.3 Å². The number of aromatic nitrogens is 2. The number of hydrogen-bond acceptors (Lipinski definition) is 10. The average Bonchev–Trinajstić information content (AvgIpc) is 3.97. The molecule has 6 heterocycles. The Morgan fingerprint density at radius 2 is 1.79 bits per heavy atom. The topological polar surface area (TPSA) is 159 Å². The van der Waals surface area contributed by atoms with Crippen LogP contribution in [0.3, 0.4) is 0 Å². The summed E-state index contributed by atoms with van der Waals surface area (Å²) in [6, 6.07) is 15.9. The Bertz CT molecular complexity index is 2720. The number of cyclic esters (lactones) is 1. The van der Waals surface area contributed by atoms with Crippen LogP contribution in [0.1, 0.15) is 90.5 Å². The minimum absolute atomic E-state index is 0.148. The smallest absolute Gasteiger partial charge is 0.324 e. The summed E-state index contributed by atoms with van der Waals surface area (Å²) >= 11 is 0. The summed E-state index contributed by atoms with van der Waals surface area (Å²) in [6.07, 6.45) is 4.09. The molecule has 4 aromatic rings. The van der Waals surface area contributed by atoms with Crippen molar-refractivity contribution in [3.63, 3.8) is 0 Å². The summed E-state index contributed by atoms with van der Waals surface area (Å²) in [5.41, 5.74) is 11.0. The number of likely N-dealkylation sites (N-methyl/N-ethyl adjacent to an activating group) is 2. The maximum atomic E-state index is 14.8. The molecule has 15 heteroatoms. The number of rotatable bonds is 8. The van der Waals surface area contributed by atoms with E-state index in [0.717, 1.165) is 63.2 Å². The lowest BCUT2D eigenvalue weighted by Crippen LogP contribution is -2.62. The molecule has 0 unspecified atom stereocenters. The SMILES string of the molecule is CCn1c(-c2cccnc2C(C)C)c2c3cc(ccc31)-c1cccc(c1)C[C@H](NC(=O)[C@H](C(C)C)N(C)C(=O)[C@H]1CCN(C(=O)C#C[C@@H]3COCCN3C)C1)C(=O)N1CCC[C@H](N1)C(=O)OCC(C)(C)C2. The normalized spacial score (nSPS) is 22.4. The summed E-state index contributed by atoms with van der Waals surface area (Å²) in [5, 5.41) is 5.64. The summed E-state index contributed by atoms with van der Waals surface area (Å²) in [7, 11) is 3.57. The van der Waals surface area contributed by atoms with Crippen LogP contribution in [0.15, 0.2) is 60.8 Å². The number of amides is 4. The number of pyridine rings is 1. The summed E-state index contributed by atoms with van der Waals surface area (Å²) in [4.78, 5) is 80.8. The largest absolute Gasteiger partial charge is 0.464 e. The zero-order valence-corrected chi connectivity index (χ0v) is 43.0. The Morgan fingerprint density at radius 3 is 2.54 bits per heavy atom. The number of aryl methyl sites for hydroxylation is 1. The van der Waals surface area contributed by atoms with Crippen molar-refractivity contribution in [3.8, 4) is 34.2 Å². The van der Waals surface area contributed by atoms with E-state index in [1.807, 2.05) is 45.3 Å². The van der Waals surface area contributed by atoms with Crippen LogP contribution < -0.4 is 10.7 Å². The monoisotopic (exact) mass is 969 g/mol. The Kier molecular flexibility index (Phi) is 15.7. The van der Waals surface area contributed by atoms with E-state index in [-0.39, 0.29) is 49.3 Å². The van der Waals surface area contributed by atoms with Crippen LogP contribution in [-0.2, 0) is 52.8 Å². The third kappa shape index (κ3) is 11.2. The highest BCUT2D eigenvalue weighted by molar-refractivity contribution is 5.97. The molecule has 0 radical (unpaired) electrons. The predicted molar refractivity (Wildman–Crippen MR) is 273 cm³/mol. The highest BCUT2D eigenvalue weighted by Gasteiger charge is 2.40. The van der Waals surface area contributed by atoms with E-state index >= 15 is 0 Å². The molecule has 2 aromatic carbocycles. The predicted octanol–water partition coefficient (Wildman–Crippen LogP) is 5.83. The molecule has 6 bridgehead atoms. The number of ether oxygens (including phenoxy) is 2. The van der Waals surface area contributed by atoms with Gasteiger partial charge in [0.05, 0.1) is 43.2 Å². The van der Waals surface area contributed by atoms with Crippen molar-refractivity contribution >= 4 is 40.5 Å². The second-order valence-electron chi connectivity index (χ2n) is 21.3. The van der Waals surface area contributed by atoms with E-state index in [4.69, 9.17) is 14.5 Å². The van der Waals surface area contributed by atoms with Gasteiger partial charge in [-0.2, -0.15) is 0 Å². The van der Waals surface area contributed by atoms with Gasteiger partial charge in [0.25, 0.3) is 11.8 Å². The molecule has 71 heavy (non-hydrogen) atoms. The second kappa shape index (κ2) is 21.7. The lowest BCUT2D eigenvalue weighted by Gasteiger charge is -2.37. The van der Waals surface area contributed by atoms with Crippen molar-refractivity contribution in [1.82, 2.24) is 40.0 Å². The number of nitrogens with one attached hydrogen (secondary N) is 2. The molecule has 4 amide bonds. The summed E-state index contributed by atoms with van der Waals surface area (Å²) in [5.74, 6) is 3.25. The van der Waals surface area contributed by atoms with E-state index in [1.54, 1.807) is 11.9 Å².